The minimum atomic E-state index is -0.400. The first-order valence-electron chi connectivity index (χ1n) is 6.40. The summed E-state index contributed by atoms with van der Waals surface area (Å²) in [5, 5.41) is 0. The van der Waals surface area contributed by atoms with Gasteiger partial charge >= 0.3 is 0 Å². The van der Waals surface area contributed by atoms with E-state index in [0.29, 0.717) is 24.0 Å². The third-order valence-electron chi connectivity index (χ3n) is 2.56. The summed E-state index contributed by atoms with van der Waals surface area (Å²) in [6.45, 7) is 6.61. The van der Waals surface area contributed by atoms with Crippen LogP contribution in [0.1, 0.15) is 27.2 Å². The Morgan fingerprint density at radius 3 is 2.68 bits per heavy atom. The van der Waals surface area contributed by atoms with Crippen LogP contribution in [0.15, 0.2) is 12.1 Å². The highest BCUT2D eigenvalue weighted by molar-refractivity contribution is 5.79. The van der Waals surface area contributed by atoms with E-state index in [0.717, 1.165) is 6.42 Å². The van der Waals surface area contributed by atoms with E-state index in [-0.39, 0.29) is 12.6 Å². The molecule has 1 amide bonds. The molecule has 0 saturated carbocycles. The molecule has 0 aromatic carbocycles. The third-order valence-corrected chi connectivity index (χ3v) is 2.56. The number of hydrogen-bond acceptors (Lipinski definition) is 5. The van der Waals surface area contributed by atoms with Gasteiger partial charge in [-0.05, 0) is 32.4 Å². The number of aromatic nitrogens is 1. The number of carbonyl (C=O) groups is 1. The Morgan fingerprint density at radius 1 is 1.47 bits per heavy atom. The molecule has 0 bridgehead atoms. The number of pyridine rings is 1. The highest BCUT2D eigenvalue weighted by Crippen LogP contribution is 2.24. The number of nitrogens with zero attached hydrogens (tertiary/aromatic N) is 2. The van der Waals surface area contributed by atoms with Crippen LogP contribution in [-0.4, -0.2) is 30.1 Å². The molecule has 0 atom stereocenters. The second-order valence-electron chi connectivity index (χ2n) is 4.60. The molecule has 1 aromatic rings. The number of amides is 1. The van der Waals surface area contributed by atoms with E-state index >= 15 is 0 Å². The van der Waals surface area contributed by atoms with E-state index in [1.54, 1.807) is 17.0 Å². The predicted octanol–water partition coefficient (Wildman–Crippen LogP) is 1.15. The van der Waals surface area contributed by atoms with Crippen LogP contribution in [0.3, 0.4) is 0 Å². The number of carbonyl (C=O) groups excluding carboxylic acids is 1. The molecule has 0 fully saturated rings. The molecular weight excluding hydrogens is 244 g/mol. The van der Waals surface area contributed by atoms with Crippen LogP contribution in [0.5, 0.6) is 5.88 Å². The van der Waals surface area contributed by atoms with E-state index in [2.05, 4.69) is 4.98 Å². The van der Waals surface area contributed by atoms with Crippen LogP contribution < -0.4 is 21.1 Å². The number of hydrogen-bond donors (Lipinski definition) is 2. The van der Waals surface area contributed by atoms with E-state index in [4.69, 9.17) is 16.2 Å². The minimum absolute atomic E-state index is 0.0997. The number of ether oxygens (including phenoxy) is 1. The van der Waals surface area contributed by atoms with Crippen LogP contribution in [-0.2, 0) is 4.79 Å². The zero-order valence-electron chi connectivity index (χ0n) is 11.7. The van der Waals surface area contributed by atoms with Gasteiger partial charge in [-0.2, -0.15) is 4.98 Å². The fourth-order valence-electron chi connectivity index (χ4n) is 1.61. The van der Waals surface area contributed by atoms with Crippen LogP contribution in [0.2, 0.25) is 0 Å². The highest BCUT2D eigenvalue weighted by Gasteiger charge is 2.16. The molecule has 0 aliphatic heterocycles. The highest BCUT2D eigenvalue weighted by atomic mass is 16.5. The lowest BCUT2D eigenvalue weighted by Crippen LogP contribution is -2.39. The first-order chi connectivity index (χ1) is 8.95. The van der Waals surface area contributed by atoms with Crippen molar-refractivity contribution in [2.45, 2.75) is 33.2 Å². The van der Waals surface area contributed by atoms with Crippen molar-refractivity contribution in [2.24, 2.45) is 5.73 Å². The third kappa shape index (κ3) is 4.31. The van der Waals surface area contributed by atoms with Crippen LogP contribution in [0.25, 0.3) is 0 Å². The van der Waals surface area contributed by atoms with Gasteiger partial charge in [0.05, 0.1) is 18.8 Å². The average molecular weight is 266 g/mol. The van der Waals surface area contributed by atoms with Gasteiger partial charge in [0.25, 0.3) is 0 Å². The Balaban J connectivity index is 2.99. The number of nitrogens with two attached hydrogens (primary N) is 2. The monoisotopic (exact) mass is 266 g/mol. The minimum Gasteiger partial charge on any atom is -0.476 e. The van der Waals surface area contributed by atoms with Crippen LogP contribution in [0.4, 0.5) is 11.5 Å². The first kappa shape index (κ1) is 15.1. The molecule has 4 N–H and O–H groups in total. The maximum atomic E-state index is 11.1. The Kier molecular flexibility index (Phi) is 5.41. The molecule has 0 saturated heterocycles. The maximum Gasteiger partial charge on any atom is 0.239 e. The van der Waals surface area contributed by atoms with E-state index in [9.17, 15) is 4.79 Å². The number of rotatable bonds is 7. The second-order valence-corrected chi connectivity index (χ2v) is 4.60. The molecular formula is C13H22N4O2. The molecule has 0 radical (unpaired) electrons. The topological polar surface area (TPSA) is 94.5 Å². The molecule has 1 heterocycles. The summed E-state index contributed by atoms with van der Waals surface area (Å²) in [5.41, 5.74) is 11.5. The van der Waals surface area contributed by atoms with Gasteiger partial charge in [0, 0.05) is 6.04 Å². The van der Waals surface area contributed by atoms with Crippen molar-refractivity contribution in [1.82, 2.24) is 4.98 Å². The summed E-state index contributed by atoms with van der Waals surface area (Å²) in [4.78, 5) is 17.3. The predicted molar refractivity (Wildman–Crippen MR) is 76.1 cm³/mol. The standard InChI is InChI=1S/C13H22N4O2/c1-4-7-19-13-10(14)5-6-12(16-13)17(9(2)3)8-11(15)18/h5-6,9H,4,7-8,14H2,1-3H3,(H2,15,18). The molecule has 0 aliphatic rings. The molecule has 106 valence electrons. The lowest BCUT2D eigenvalue weighted by atomic mass is 10.3. The van der Waals surface area contributed by atoms with Gasteiger partial charge in [0.2, 0.25) is 11.8 Å². The number of anilines is 2. The van der Waals surface area contributed by atoms with Gasteiger partial charge in [-0.1, -0.05) is 6.92 Å². The van der Waals surface area contributed by atoms with E-state index in [1.807, 2.05) is 20.8 Å². The molecule has 6 heteroatoms. The number of nitrogen functional groups attached to an aromatic ring is 1. The van der Waals surface area contributed by atoms with Gasteiger partial charge in [-0.25, -0.2) is 0 Å². The van der Waals surface area contributed by atoms with Crippen molar-refractivity contribution in [2.75, 3.05) is 23.8 Å². The van der Waals surface area contributed by atoms with Gasteiger partial charge in [-0.3, -0.25) is 4.79 Å². The Morgan fingerprint density at radius 2 is 2.16 bits per heavy atom. The van der Waals surface area contributed by atoms with Crippen molar-refractivity contribution in [3.63, 3.8) is 0 Å². The Labute approximate surface area is 113 Å². The Bertz CT molecular complexity index is 435. The first-order valence-corrected chi connectivity index (χ1v) is 6.40. The van der Waals surface area contributed by atoms with Crippen molar-refractivity contribution >= 4 is 17.4 Å². The molecule has 0 unspecified atom stereocenters. The number of primary amides is 1. The maximum absolute atomic E-state index is 11.1. The summed E-state index contributed by atoms with van der Waals surface area (Å²) in [6, 6.07) is 3.59. The summed E-state index contributed by atoms with van der Waals surface area (Å²) in [5.74, 6) is 0.631. The smallest absolute Gasteiger partial charge is 0.239 e. The SMILES string of the molecule is CCCOc1nc(N(CC(N)=O)C(C)C)ccc1N. The molecule has 19 heavy (non-hydrogen) atoms. The quantitative estimate of drug-likeness (QED) is 0.772. The molecule has 6 nitrogen and oxygen atoms in total. The summed E-state index contributed by atoms with van der Waals surface area (Å²) in [6.07, 6.45) is 0.876. The molecule has 0 aliphatic carbocycles. The molecule has 1 rings (SSSR count). The largest absolute Gasteiger partial charge is 0.476 e. The van der Waals surface area contributed by atoms with Crippen LogP contribution in [0, 0.1) is 0 Å². The lowest BCUT2D eigenvalue weighted by molar-refractivity contribution is -0.116. The zero-order chi connectivity index (χ0) is 14.4. The van der Waals surface area contributed by atoms with Gasteiger partial charge in [0.15, 0.2) is 0 Å². The van der Waals surface area contributed by atoms with Crippen molar-refractivity contribution in [3.8, 4) is 5.88 Å². The summed E-state index contributed by atoms with van der Waals surface area (Å²) >= 11 is 0. The summed E-state index contributed by atoms with van der Waals surface area (Å²) in [7, 11) is 0. The van der Waals surface area contributed by atoms with Crippen molar-refractivity contribution in [1.29, 1.82) is 0 Å². The fraction of sp³-hybridized carbons (Fsp3) is 0.538. The molecule has 1 aromatic heterocycles. The van der Waals surface area contributed by atoms with E-state index in [1.165, 1.54) is 0 Å². The van der Waals surface area contributed by atoms with Gasteiger partial charge in [0.1, 0.15) is 5.82 Å². The van der Waals surface area contributed by atoms with Crippen molar-refractivity contribution in [3.05, 3.63) is 12.1 Å². The second kappa shape index (κ2) is 6.82. The van der Waals surface area contributed by atoms with Gasteiger partial charge in [-0.15, -0.1) is 0 Å². The van der Waals surface area contributed by atoms with Gasteiger partial charge < -0.3 is 21.1 Å². The normalized spacial score (nSPS) is 10.5. The average Bonchev–Trinajstić information content (AvgIpc) is 2.34. The fourth-order valence-corrected chi connectivity index (χ4v) is 1.61. The van der Waals surface area contributed by atoms with E-state index < -0.39 is 5.91 Å². The zero-order valence-corrected chi connectivity index (χ0v) is 11.7. The summed E-state index contributed by atoms with van der Waals surface area (Å²) < 4.78 is 5.48. The van der Waals surface area contributed by atoms with Crippen LogP contribution >= 0.6 is 0 Å². The van der Waals surface area contributed by atoms with Crippen molar-refractivity contribution < 1.29 is 9.53 Å². The Hall–Kier alpha value is -1.98. The lowest BCUT2D eigenvalue weighted by Gasteiger charge is -2.26. The molecule has 0 spiro atoms.